The molecule has 0 spiro atoms. The number of morpholine rings is 1. The molecule has 8 heteroatoms. The Labute approximate surface area is 131 Å². The minimum absolute atomic E-state index is 0.246. The molecule has 1 aromatic heterocycles. The fourth-order valence-electron chi connectivity index (χ4n) is 2.95. The standard InChI is InChI=1S/C14H22N4O3S/c1-12-2-5-15-14(16-12)13-3-6-17(7-4-13)22(19,20)18-8-10-21-11-9-18/h2,5,13H,3-4,6-11H2,1H3. The highest BCUT2D eigenvalue weighted by Crippen LogP contribution is 2.27. The largest absolute Gasteiger partial charge is 0.379 e. The summed E-state index contributed by atoms with van der Waals surface area (Å²) in [6.07, 6.45) is 3.31. The van der Waals surface area contributed by atoms with Gasteiger partial charge in [0.2, 0.25) is 0 Å². The van der Waals surface area contributed by atoms with Gasteiger partial charge in [0.15, 0.2) is 0 Å². The average molecular weight is 326 g/mol. The normalized spacial score (nSPS) is 22.8. The van der Waals surface area contributed by atoms with Gasteiger partial charge in [-0.2, -0.15) is 17.0 Å². The molecule has 0 aromatic carbocycles. The number of piperidine rings is 1. The van der Waals surface area contributed by atoms with E-state index in [4.69, 9.17) is 4.74 Å². The third-order valence-corrected chi connectivity index (χ3v) is 6.29. The summed E-state index contributed by atoms with van der Waals surface area (Å²) in [4.78, 5) is 8.80. The Hall–Kier alpha value is -1.09. The lowest BCUT2D eigenvalue weighted by Gasteiger charge is -2.35. The van der Waals surface area contributed by atoms with Crippen LogP contribution in [0.4, 0.5) is 0 Å². The van der Waals surface area contributed by atoms with Crippen molar-refractivity contribution in [1.29, 1.82) is 0 Å². The molecule has 0 N–H and O–H groups in total. The summed E-state index contributed by atoms with van der Waals surface area (Å²) in [7, 11) is -3.35. The van der Waals surface area contributed by atoms with Crippen molar-refractivity contribution in [2.45, 2.75) is 25.7 Å². The van der Waals surface area contributed by atoms with Crippen LogP contribution in [-0.4, -0.2) is 66.4 Å². The minimum Gasteiger partial charge on any atom is -0.379 e. The fraction of sp³-hybridized carbons (Fsp3) is 0.714. The van der Waals surface area contributed by atoms with Crippen LogP contribution in [0.2, 0.25) is 0 Å². The Morgan fingerprint density at radius 1 is 1.14 bits per heavy atom. The second-order valence-corrected chi connectivity index (χ2v) is 7.68. The second-order valence-electron chi connectivity index (χ2n) is 5.75. The summed E-state index contributed by atoms with van der Waals surface area (Å²) in [6, 6.07) is 1.88. The molecule has 0 aliphatic carbocycles. The van der Waals surface area contributed by atoms with E-state index in [1.165, 1.54) is 4.31 Å². The van der Waals surface area contributed by atoms with Gasteiger partial charge in [0, 0.05) is 44.0 Å². The van der Waals surface area contributed by atoms with Gasteiger partial charge >= 0.3 is 0 Å². The van der Waals surface area contributed by atoms with Crippen LogP contribution in [-0.2, 0) is 14.9 Å². The molecule has 7 nitrogen and oxygen atoms in total. The van der Waals surface area contributed by atoms with Crippen LogP contribution in [0.15, 0.2) is 12.3 Å². The first-order valence-electron chi connectivity index (χ1n) is 7.70. The molecule has 1 aromatic rings. The number of rotatable bonds is 3. The maximum atomic E-state index is 12.6. The molecule has 3 heterocycles. The van der Waals surface area contributed by atoms with E-state index >= 15 is 0 Å². The van der Waals surface area contributed by atoms with Crippen LogP contribution in [0, 0.1) is 6.92 Å². The molecule has 122 valence electrons. The van der Waals surface area contributed by atoms with Crippen molar-refractivity contribution in [3.63, 3.8) is 0 Å². The zero-order chi connectivity index (χ0) is 15.6. The Morgan fingerprint density at radius 2 is 1.77 bits per heavy atom. The van der Waals surface area contributed by atoms with Crippen molar-refractivity contribution in [2.24, 2.45) is 0 Å². The van der Waals surface area contributed by atoms with E-state index in [-0.39, 0.29) is 5.92 Å². The first-order valence-corrected chi connectivity index (χ1v) is 9.09. The molecule has 0 atom stereocenters. The number of nitrogens with zero attached hydrogens (tertiary/aromatic N) is 4. The topological polar surface area (TPSA) is 75.6 Å². The van der Waals surface area contributed by atoms with Gasteiger partial charge in [-0.25, -0.2) is 9.97 Å². The molecular formula is C14H22N4O3S. The van der Waals surface area contributed by atoms with Gasteiger partial charge in [-0.3, -0.25) is 0 Å². The van der Waals surface area contributed by atoms with Crippen molar-refractivity contribution in [1.82, 2.24) is 18.6 Å². The fourth-order valence-corrected chi connectivity index (χ4v) is 4.56. The quantitative estimate of drug-likeness (QED) is 0.810. The van der Waals surface area contributed by atoms with Crippen LogP contribution < -0.4 is 0 Å². The zero-order valence-electron chi connectivity index (χ0n) is 12.8. The maximum Gasteiger partial charge on any atom is 0.282 e. The predicted octanol–water partition coefficient (Wildman–Crippen LogP) is 0.541. The van der Waals surface area contributed by atoms with Crippen LogP contribution in [0.1, 0.15) is 30.3 Å². The lowest BCUT2D eigenvalue weighted by molar-refractivity contribution is 0.0696. The van der Waals surface area contributed by atoms with E-state index in [0.717, 1.165) is 24.4 Å². The van der Waals surface area contributed by atoms with E-state index in [0.29, 0.717) is 39.4 Å². The number of aryl methyl sites for hydroxylation is 1. The van der Waals surface area contributed by atoms with E-state index in [1.54, 1.807) is 10.5 Å². The van der Waals surface area contributed by atoms with Gasteiger partial charge in [0.25, 0.3) is 10.2 Å². The van der Waals surface area contributed by atoms with Gasteiger partial charge in [-0.15, -0.1) is 0 Å². The van der Waals surface area contributed by atoms with Gasteiger partial charge < -0.3 is 4.74 Å². The molecule has 2 fully saturated rings. The molecule has 2 saturated heterocycles. The SMILES string of the molecule is Cc1ccnc(C2CCN(S(=O)(=O)N3CCOCC3)CC2)n1. The van der Waals surface area contributed by atoms with Crippen molar-refractivity contribution in [3.8, 4) is 0 Å². The number of aromatic nitrogens is 2. The van der Waals surface area contributed by atoms with E-state index in [2.05, 4.69) is 9.97 Å². The summed E-state index contributed by atoms with van der Waals surface area (Å²) in [6.45, 7) is 4.86. The zero-order valence-corrected chi connectivity index (χ0v) is 13.6. The molecule has 0 radical (unpaired) electrons. The summed E-state index contributed by atoms with van der Waals surface area (Å²) in [5.41, 5.74) is 0.952. The Bertz CT molecular complexity index is 608. The smallest absolute Gasteiger partial charge is 0.282 e. The van der Waals surface area contributed by atoms with Gasteiger partial charge in [0.05, 0.1) is 13.2 Å². The second kappa shape index (κ2) is 6.57. The molecule has 0 unspecified atom stereocenters. The van der Waals surface area contributed by atoms with Crippen molar-refractivity contribution in [2.75, 3.05) is 39.4 Å². The van der Waals surface area contributed by atoms with E-state index in [9.17, 15) is 8.42 Å². The lowest BCUT2D eigenvalue weighted by atomic mass is 9.97. The summed E-state index contributed by atoms with van der Waals surface area (Å²) in [5, 5.41) is 0. The number of hydrogen-bond acceptors (Lipinski definition) is 5. The Morgan fingerprint density at radius 3 is 2.41 bits per heavy atom. The highest BCUT2D eigenvalue weighted by molar-refractivity contribution is 7.86. The molecule has 22 heavy (non-hydrogen) atoms. The monoisotopic (exact) mass is 326 g/mol. The molecule has 2 aliphatic heterocycles. The summed E-state index contributed by atoms with van der Waals surface area (Å²) in [5.74, 6) is 1.08. The van der Waals surface area contributed by atoms with Crippen LogP contribution in [0.3, 0.4) is 0 Å². The lowest BCUT2D eigenvalue weighted by Crippen LogP contribution is -2.50. The number of ether oxygens (including phenoxy) is 1. The van der Waals surface area contributed by atoms with Crippen LogP contribution in [0.5, 0.6) is 0 Å². The highest BCUT2D eigenvalue weighted by atomic mass is 32.2. The first-order chi connectivity index (χ1) is 10.6. The molecule has 2 aliphatic rings. The van der Waals surface area contributed by atoms with Crippen molar-refractivity contribution in [3.05, 3.63) is 23.8 Å². The average Bonchev–Trinajstić information content (AvgIpc) is 2.56. The third kappa shape index (κ3) is 3.29. The molecule has 0 amide bonds. The van der Waals surface area contributed by atoms with Crippen LogP contribution >= 0.6 is 0 Å². The maximum absolute atomic E-state index is 12.6. The molecule has 3 rings (SSSR count). The predicted molar refractivity (Wildman–Crippen MR) is 81.6 cm³/mol. The van der Waals surface area contributed by atoms with Crippen LogP contribution in [0.25, 0.3) is 0 Å². The third-order valence-electron chi connectivity index (χ3n) is 4.26. The van der Waals surface area contributed by atoms with Gasteiger partial charge in [-0.05, 0) is 25.8 Å². The summed E-state index contributed by atoms with van der Waals surface area (Å²) < 4.78 is 33.5. The summed E-state index contributed by atoms with van der Waals surface area (Å²) >= 11 is 0. The first kappa shape index (κ1) is 15.8. The Kier molecular flexibility index (Phi) is 4.72. The van der Waals surface area contributed by atoms with Crippen molar-refractivity contribution >= 4 is 10.2 Å². The van der Waals surface area contributed by atoms with Gasteiger partial charge in [0.1, 0.15) is 5.82 Å². The molecule has 0 saturated carbocycles. The van der Waals surface area contributed by atoms with E-state index in [1.807, 2.05) is 13.0 Å². The molecular weight excluding hydrogens is 304 g/mol. The van der Waals surface area contributed by atoms with E-state index < -0.39 is 10.2 Å². The minimum atomic E-state index is -3.35. The molecule has 0 bridgehead atoms. The Balaban J connectivity index is 1.63. The van der Waals surface area contributed by atoms with Gasteiger partial charge in [-0.1, -0.05) is 0 Å². The highest BCUT2D eigenvalue weighted by Gasteiger charge is 2.34. The number of hydrogen-bond donors (Lipinski definition) is 0. The van der Waals surface area contributed by atoms with Crippen molar-refractivity contribution < 1.29 is 13.2 Å².